The summed E-state index contributed by atoms with van der Waals surface area (Å²) in [6, 6.07) is 6.65. The highest BCUT2D eigenvalue weighted by Crippen LogP contribution is 2.58. The normalized spacial score (nSPS) is 24.6. The van der Waals surface area contributed by atoms with E-state index >= 15 is 0 Å². The van der Waals surface area contributed by atoms with E-state index in [0.717, 1.165) is 16.3 Å². The van der Waals surface area contributed by atoms with Crippen LogP contribution in [-0.4, -0.2) is 26.0 Å². The minimum absolute atomic E-state index is 0.249. The Hall–Kier alpha value is -2.32. The highest BCUT2D eigenvalue weighted by Gasteiger charge is 2.52. The highest BCUT2D eigenvalue weighted by molar-refractivity contribution is 8.03. The summed E-state index contributed by atoms with van der Waals surface area (Å²) in [5.41, 5.74) is 8.18. The van der Waals surface area contributed by atoms with E-state index < -0.39 is 11.3 Å². The van der Waals surface area contributed by atoms with E-state index in [1.807, 2.05) is 20.0 Å². The number of carbonyl (C=O) groups is 1. The van der Waals surface area contributed by atoms with E-state index in [9.17, 15) is 14.4 Å². The average Bonchev–Trinajstić information content (AvgIpc) is 3.23. The van der Waals surface area contributed by atoms with Crippen LogP contribution in [-0.2, 0) is 17.3 Å². The third kappa shape index (κ3) is 2.58. The molecular weight excluding hydrogens is 367 g/mol. The summed E-state index contributed by atoms with van der Waals surface area (Å²) >= 11 is 1.49. The molecule has 2 aromatic rings. The molecule has 0 unspecified atom stereocenters. The molecule has 1 amide bonds. The standard InChI is InChI=1S/C19H21FN4O2S/c1-10-7-14(23(3)22-10)17-24(26)15-8-19(18(21)25,9-16(15)27-17)12-5-4-6-13(20)11(12)2/h4-7,17,26H,8-9H2,1-3H3,(H2,21,25)/t17-,19-/m1/s1. The number of halogens is 1. The first-order valence-corrected chi connectivity index (χ1v) is 9.55. The van der Waals surface area contributed by atoms with Gasteiger partial charge < -0.3 is 5.73 Å². The molecule has 1 aliphatic heterocycles. The Morgan fingerprint density at radius 1 is 1.41 bits per heavy atom. The molecule has 0 fully saturated rings. The number of nitrogens with two attached hydrogens (primary N) is 1. The smallest absolute Gasteiger partial charge is 0.228 e. The van der Waals surface area contributed by atoms with Gasteiger partial charge in [-0.05, 0) is 43.5 Å². The number of nitrogens with zero attached hydrogens (tertiary/aromatic N) is 3. The summed E-state index contributed by atoms with van der Waals surface area (Å²) in [5.74, 6) is -0.871. The van der Waals surface area contributed by atoms with Crippen molar-refractivity contribution in [2.24, 2.45) is 12.8 Å². The van der Waals surface area contributed by atoms with Crippen molar-refractivity contribution in [1.29, 1.82) is 0 Å². The number of hydrogen-bond acceptors (Lipinski definition) is 5. The van der Waals surface area contributed by atoms with Gasteiger partial charge in [0.1, 0.15) is 11.2 Å². The van der Waals surface area contributed by atoms with Crippen LogP contribution < -0.4 is 5.73 Å². The van der Waals surface area contributed by atoms with E-state index in [4.69, 9.17) is 5.73 Å². The van der Waals surface area contributed by atoms with Crippen LogP contribution in [0.2, 0.25) is 0 Å². The van der Waals surface area contributed by atoms with Crippen LogP contribution in [0.1, 0.15) is 40.7 Å². The quantitative estimate of drug-likeness (QED) is 0.844. The Morgan fingerprint density at radius 3 is 2.74 bits per heavy atom. The summed E-state index contributed by atoms with van der Waals surface area (Å²) in [6.07, 6.45) is 0.607. The summed E-state index contributed by atoms with van der Waals surface area (Å²) in [4.78, 5) is 13.4. The third-order valence-electron chi connectivity index (χ3n) is 5.55. The zero-order chi connectivity index (χ0) is 19.5. The molecule has 6 nitrogen and oxygen atoms in total. The number of amides is 1. The molecule has 4 rings (SSSR count). The largest absolute Gasteiger partial charge is 0.369 e. The van der Waals surface area contributed by atoms with Crippen molar-refractivity contribution in [3.8, 4) is 0 Å². The molecule has 3 N–H and O–H groups in total. The highest BCUT2D eigenvalue weighted by atomic mass is 32.2. The van der Waals surface area contributed by atoms with Gasteiger partial charge in [-0.2, -0.15) is 5.10 Å². The van der Waals surface area contributed by atoms with Gasteiger partial charge in [0.2, 0.25) is 5.91 Å². The molecule has 2 heterocycles. The lowest BCUT2D eigenvalue weighted by Gasteiger charge is -2.32. The van der Waals surface area contributed by atoms with Crippen molar-refractivity contribution in [3.63, 3.8) is 0 Å². The van der Waals surface area contributed by atoms with E-state index in [-0.39, 0.29) is 17.6 Å². The molecule has 8 heteroatoms. The minimum atomic E-state index is -1.04. The number of hydrogen-bond donors (Lipinski definition) is 2. The Bertz CT molecular complexity index is 986. The first kappa shape index (κ1) is 18.1. The SMILES string of the molecule is Cc1cc([C@H]2SC3=C(C[C@](C(N)=O)(c4cccc(F)c4C)C3)N2O)n(C)n1. The number of primary amides is 1. The van der Waals surface area contributed by atoms with E-state index in [1.54, 1.807) is 23.7 Å². The van der Waals surface area contributed by atoms with Gasteiger partial charge in [0, 0.05) is 18.4 Å². The number of thioether (sulfide) groups is 1. The van der Waals surface area contributed by atoms with E-state index in [1.165, 1.54) is 22.9 Å². The van der Waals surface area contributed by atoms with Gasteiger partial charge in [0.05, 0.1) is 22.5 Å². The average molecular weight is 388 g/mol. The maximum absolute atomic E-state index is 14.1. The van der Waals surface area contributed by atoms with Crippen LogP contribution in [0, 0.1) is 19.7 Å². The van der Waals surface area contributed by atoms with Gasteiger partial charge >= 0.3 is 0 Å². The summed E-state index contributed by atoms with van der Waals surface area (Å²) in [7, 11) is 1.84. The van der Waals surface area contributed by atoms with Crippen LogP contribution >= 0.6 is 11.8 Å². The van der Waals surface area contributed by atoms with Crippen molar-refractivity contribution in [1.82, 2.24) is 14.8 Å². The molecule has 0 bridgehead atoms. The second kappa shape index (κ2) is 6.10. The molecule has 1 aliphatic carbocycles. The van der Waals surface area contributed by atoms with Crippen molar-refractivity contribution in [2.75, 3.05) is 0 Å². The second-order valence-corrected chi connectivity index (χ2v) is 8.41. The van der Waals surface area contributed by atoms with Crippen LogP contribution in [0.3, 0.4) is 0 Å². The Labute approximate surface area is 160 Å². The van der Waals surface area contributed by atoms with Crippen molar-refractivity contribution in [3.05, 3.63) is 63.2 Å². The number of rotatable bonds is 3. The Kier molecular flexibility index (Phi) is 4.08. The predicted octanol–water partition coefficient (Wildman–Crippen LogP) is 3.04. The monoisotopic (exact) mass is 388 g/mol. The third-order valence-corrected chi connectivity index (χ3v) is 6.88. The zero-order valence-electron chi connectivity index (χ0n) is 15.4. The van der Waals surface area contributed by atoms with Crippen LogP contribution in [0.5, 0.6) is 0 Å². The number of aromatic nitrogens is 2. The minimum Gasteiger partial charge on any atom is -0.369 e. The fourth-order valence-corrected chi connectivity index (χ4v) is 5.61. The summed E-state index contributed by atoms with van der Waals surface area (Å²) in [5, 5.41) is 16.0. The molecule has 1 aromatic carbocycles. The molecule has 0 saturated heterocycles. The van der Waals surface area contributed by atoms with Crippen LogP contribution in [0.4, 0.5) is 4.39 Å². The zero-order valence-corrected chi connectivity index (χ0v) is 16.2. The Balaban J connectivity index is 1.69. The second-order valence-electron chi connectivity index (χ2n) is 7.23. The summed E-state index contributed by atoms with van der Waals surface area (Å²) < 4.78 is 15.9. The van der Waals surface area contributed by atoms with E-state index in [0.29, 0.717) is 23.2 Å². The maximum atomic E-state index is 14.1. The fraction of sp³-hybridized carbons (Fsp3) is 0.368. The molecule has 0 spiro atoms. The van der Waals surface area contributed by atoms with Gasteiger partial charge in [-0.1, -0.05) is 23.9 Å². The molecule has 2 aliphatic rings. The van der Waals surface area contributed by atoms with Crippen LogP contribution in [0.25, 0.3) is 0 Å². The molecule has 1 aromatic heterocycles. The molecule has 0 saturated carbocycles. The summed E-state index contributed by atoms with van der Waals surface area (Å²) in [6.45, 7) is 3.56. The van der Waals surface area contributed by atoms with Crippen molar-refractivity contribution in [2.45, 2.75) is 37.5 Å². The lowest BCUT2D eigenvalue weighted by molar-refractivity contribution is -0.124. The number of benzene rings is 1. The molecule has 2 atom stereocenters. The number of carbonyl (C=O) groups excluding carboxylic acids is 1. The topological polar surface area (TPSA) is 84.4 Å². The number of hydroxylamine groups is 2. The maximum Gasteiger partial charge on any atom is 0.228 e. The fourth-order valence-electron chi connectivity index (χ4n) is 4.14. The first-order chi connectivity index (χ1) is 12.7. The molecular formula is C19H21FN4O2S. The lowest BCUT2D eigenvalue weighted by Crippen LogP contribution is -2.41. The van der Waals surface area contributed by atoms with Crippen molar-refractivity contribution >= 4 is 17.7 Å². The van der Waals surface area contributed by atoms with Gasteiger partial charge in [-0.25, -0.2) is 9.45 Å². The molecule has 0 radical (unpaired) electrons. The predicted molar refractivity (Wildman–Crippen MR) is 100 cm³/mol. The lowest BCUT2D eigenvalue weighted by atomic mass is 9.75. The van der Waals surface area contributed by atoms with Gasteiger partial charge in [0.25, 0.3) is 0 Å². The molecule has 27 heavy (non-hydrogen) atoms. The molecule has 142 valence electrons. The van der Waals surface area contributed by atoms with Gasteiger partial charge in [-0.3, -0.25) is 14.7 Å². The number of aryl methyl sites for hydroxylation is 2. The van der Waals surface area contributed by atoms with Crippen molar-refractivity contribution < 1.29 is 14.4 Å². The van der Waals surface area contributed by atoms with Gasteiger partial charge in [0.15, 0.2) is 0 Å². The number of allylic oxidation sites excluding steroid dienone is 2. The first-order valence-electron chi connectivity index (χ1n) is 8.67. The van der Waals surface area contributed by atoms with Gasteiger partial charge in [-0.15, -0.1) is 0 Å². The Morgan fingerprint density at radius 2 is 2.15 bits per heavy atom. The van der Waals surface area contributed by atoms with Crippen LogP contribution in [0.15, 0.2) is 34.9 Å². The van der Waals surface area contributed by atoms with E-state index in [2.05, 4.69) is 5.10 Å².